The van der Waals surface area contributed by atoms with Gasteiger partial charge in [-0.2, -0.15) is 0 Å². The Morgan fingerprint density at radius 3 is 2.61 bits per heavy atom. The van der Waals surface area contributed by atoms with E-state index < -0.39 is 0 Å². The van der Waals surface area contributed by atoms with E-state index in [1.807, 2.05) is 24.3 Å². The van der Waals surface area contributed by atoms with E-state index >= 15 is 0 Å². The molecule has 118 valence electrons. The summed E-state index contributed by atoms with van der Waals surface area (Å²) in [6.07, 6.45) is 3.49. The number of hydrogen-bond donors (Lipinski definition) is 0. The normalized spacial score (nSPS) is 16.8. The minimum absolute atomic E-state index is 0.0654. The molecular formula is C18H17NO2S2. The molecule has 1 aliphatic heterocycles. The molecule has 0 saturated carbocycles. The lowest BCUT2D eigenvalue weighted by Gasteiger charge is -2.12. The molecule has 0 unspecified atom stereocenters. The van der Waals surface area contributed by atoms with Gasteiger partial charge in [-0.3, -0.25) is 9.69 Å². The Hall–Kier alpha value is -1.85. The van der Waals surface area contributed by atoms with Gasteiger partial charge in [-0.25, -0.2) is 0 Å². The van der Waals surface area contributed by atoms with Gasteiger partial charge in [0, 0.05) is 0 Å². The van der Waals surface area contributed by atoms with Crippen molar-refractivity contribution in [1.82, 2.24) is 4.90 Å². The lowest BCUT2D eigenvalue weighted by atomic mass is 10.0. The summed E-state index contributed by atoms with van der Waals surface area (Å²) in [4.78, 5) is 14.8. The van der Waals surface area contributed by atoms with Crippen LogP contribution >= 0.6 is 24.0 Å². The average molecular weight is 343 g/mol. The SMILES string of the molecule is CC(C)c1ccc(/C=C2/SC(=S)N(Cc3ccco3)C2=O)cc1. The Bertz CT molecular complexity index is 746. The van der Waals surface area contributed by atoms with Gasteiger partial charge in [0.25, 0.3) is 5.91 Å². The van der Waals surface area contributed by atoms with Crippen LogP contribution in [0.25, 0.3) is 6.08 Å². The predicted octanol–water partition coefficient (Wildman–Crippen LogP) is 4.80. The number of benzene rings is 1. The summed E-state index contributed by atoms with van der Waals surface area (Å²) in [5.74, 6) is 1.16. The molecule has 5 heteroatoms. The van der Waals surface area contributed by atoms with Crippen LogP contribution in [0.5, 0.6) is 0 Å². The van der Waals surface area contributed by atoms with Crippen molar-refractivity contribution in [3.05, 3.63) is 64.5 Å². The lowest BCUT2D eigenvalue weighted by molar-refractivity contribution is -0.122. The first-order chi connectivity index (χ1) is 11.0. The molecule has 1 aromatic heterocycles. The van der Waals surface area contributed by atoms with Crippen LogP contribution in [0.15, 0.2) is 52.0 Å². The molecule has 1 aromatic carbocycles. The number of carbonyl (C=O) groups excluding carboxylic acids is 1. The van der Waals surface area contributed by atoms with Gasteiger partial charge in [-0.15, -0.1) is 0 Å². The van der Waals surface area contributed by atoms with Gasteiger partial charge >= 0.3 is 0 Å². The lowest BCUT2D eigenvalue weighted by Crippen LogP contribution is -2.27. The molecule has 2 heterocycles. The van der Waals surface area contributed by atoms with E-state index in [2.05, 4.69) is 26.0 Å². The first-order valence-electron chi connectivity index (χ1n) is 7.42. The molecule has 0 aliphatic carbocycles. The summed E-state index contributed by atoms with van der Waals surface area (Å²) in [7, 11) is 0. The van der Waals surface area contributed by atoms with Gasteiger partial charge in [-0.05, 0) is 35.3 Å². The van der Waals surface area contributed by atoms with E-state index in [-0.39, 0.29) is 5.91 Å². The van der Waals surface area contributed by atoms with Crippen LogP contribution in [0.3, 0.4) is 0 Å². The third-order valence-corrected chi connectivity index (χ3v) is 5.05. The molecule has 0 atom stereocenters. The largest absolute Gasteiger partial charge is 0.467 e. The summed E-state index contributed by atoms with van der Waals surface area (Å²) in [5.41, 5.74) is 2.29. The summed E-state index contributed by atoms with van der Waals surface area (Å²) in [6, 6.07) is 11.9. The van der Waals surface area contributed by atoms with Crippen LogP contribution in [0.4, 0.5) is 0 Å². The zero-order chi connectivity index (χ0) is 16.4. The van der Waals surface area contributed by atoms with Gasteiger partial charge < -0.3 is 4.42 Å². The second kappa shape index (κ2) is 6.72. The van der Waals surface area contributed by atoms with E-state index in [4.69, 9.17) is 16.6 Å². The molecule has 0 radical (unpaired) electrons. The molecule has 3 rings (SSSR count). The summed E-state index contributed by atoms with van der Waals surface area (Å²) in [6.45, 7) is 4.70. The van der Waals surface area contributed by atoms with Crippen molar-refractivity contribution >= 4 is 40.3 Å². The van der Waals surface area contributed by atoms with E-state index in [0.717, 1.165) is 11.3 Å². The predicted molar refractivity (Wildman–Crippen MR) is 98.0 cm³/mol. The minimum Gasteiger partial charge on any atom is -0.467 e. The smallest absolute Gasteiger partial charge is 0.266 e. The molecule has 0 spiro atoms. The fraction of sp³-hybridized carbons (Fsp3) is 0.222. The van der Waals surface area contributed by atoms with Gasteiger partial charge in [0.2, 0.25) is 0 Å². The average Bonchev–Trinajstić information content (AvgIpc) is 3.12. The highest BCUT2D eigenvalue weighted by Crippen LogP contribution is 2.33. The van der Waals surface area contributed by atoms with Crippen molar-refractivity contribution in [2.45, 2.75) is 26.3 Å². The second-order valence-electron chi connectivity index (χ2n) is 5.67. The fourth-order valence-corrected chi connectivity index (χ4v) is 3.58. The van der Waals surface area contributed by atoms with E-state index in [0.29, 0.717) is 21.7 Å². The maximum atomic E-state index is 12.5. The first kappa shape index (κ1) is 16.0. The Morgan fingerprint density at radius 1 is 1.26 bits per heavy atom. The van der Waals surface area contributed by atoms with Crippen LogP contribution < -0.4 is 0 Å². The maximum Gasteiger partial charge on any atom is 0.266 e. The van der Waals surface area contributed by atoms with Gasteiger partial charge in [0.1, 0.15) is 10.1 Å². The van der Waals surface area contributed by atoms with Crippen molar-refractivity contribution in [2.24, 2.45) is 0 Å². The van der Waals surface area contributed by atoms with E-state index in [1.54, 1.807) is 17.2 Å². The van der Waals surface area contributed by atoms with Crippen molar-refractivity contribution < 1.29 is 9.21 Å². The summed E-state index contributed by atoms with van der Waals surface area (Å²) < 4.78 is 5.87. The third-order valence-electron chi connectivity index (χ3n) is 3.67. The number of rotatable bonds is 4. The van der Waals surface area contributed by atoms with E-state index in [1.165, 1.54) is 17.3 Å². The molecule has 1 fully saturated rings. The number of thiocarbonyl (C=S) groups is 1. The highest BCUT2D eigenvalue weighted by Gasteiger charge is 2.32. The number of furan rings is 1. The Balaban J connectivity index is 1.78. The van der Waals surface area contributed by atoms with Crippen molar-refractivity contribution in [1.29, 1.82) is 0 Å². The van der Waals surface area contributed by atoms with Crippen molar-refractivity contribution in [3.8, 4) is 0 Å². The highest BCUT2D eigenvalue weighted by molar-refractivity contribution is 8.26. The number of hydrogen-bond acceptors (Lipinski definition) is 4. The molecule has 1 aliphatic rings. The molecule has 23 heavy (non-hydrogen) atoms. The quantitative estimate of drug-likeness (QED) is 0.589. The van der Waals surface area contributed by atoms with Crippen LogP contribution in [-0.2, 0) is 11.3 Å². The second-order valence-corrected chi connectivity index (χ2v) is 7.34. The molecule has 0 bridgehead atoms. The monoisotopic (exact) mass is 343 g/mol. The van der Waals surface area contributed by atoms with Gasteiger partial charge in [-0.1, -0.05) is 62.1 Å². The van der Waals surface area contributed by atoms with Crippen LogP contribution in [0.2, 0.25) is 0 Å². The first-order valence-corrected chi connectivity index (χ1v) is 8.65. The zero-order valence-electron chi connectivity index (χ0n) is 13.0. The molecular weight excluding hydrogens is 326 g/mol. The number of thioether (sulfide) groups is 1. The molecule has 3 nitrogen and oxygen atoms in total. The Morgan fingerprint density at radius 2 is 2.00 bits per heavy atom. The molecule has 0 N–H and O–H groups in total. The molecule has 2 aromatic rings. The Labute approximate surface area is 145 Å². The van der Waals surface area contributed by atoms with Gasteiger partial charge in [0.15, 0.2) is 0 Å². The summed E-state index contributed by atoms with van der Waals surface area (Å²) >= 11 is 6.66. The minimum atomic E-state index is -0.0654. The molecule has 1 saturated heterocycles. The van der Waals surface area contributed by atoms with Crippen LogP contribution in [0.1, 0.15) is 36.7 Å². The standard InChI is InChI=1S/C18H17NO2S2/c1-12(2)14-7-5-13(6-8-14)10-16-17(20)19(18(22)23-16)11-15-4-3-9-21-15/h3-10,12H,11H2,1-2H3/b16-10+. The number of amides is 1. The third kappa shape index (κ3) is 3.57. The molecule has 1 amide bonds. The highest BCUT2D eigenvalue weighted by atomic mass is 32.2. The van der Waals surface area contributed by atoms with Crippen LogP contribution in [0, 0.1) is 0 Å². The summed E-state index contributed by atoms with van der Waals surface area (Å²) in [5, 5.41) is 0. The van der Waals surface area contributed by atoms with E-state index in [9.17, 15) is 4.79 Å². The topological polar surface area (TPSA) is 33.5 Å². The van der Waals surface area contributed by atoms with Crippen molar-refractivity contribution in [3.63, 3.8) is 0 Å². The zero-order valence-corrected chi connectivity index (χ0v) is 14.6. The maximum absolute atomic E-state index is 12.5. The van der Waals surface area contributed by atoms with Crippen molar-refractivity contribution in [2.75, 3.05) is 0 Å². The Kier molecular flexibility index (Phi) is 4.68. The number of carbonyl (C=O) groups is 1. The fourth-order valence-electron chi connectivity index (χ4n) is 2.32. The van der Waals surface area contributed by atoms with Crippen LogP contribution in [-0.4, -0.2) is 15.1 Å². The van der Waals surface area contributed by atoms with Gasteiger partial charge in [0.05, 0.1) is 17.7 Å². The number of nitrogens with zero attached hydrogens (tertiary/aromatic N) is 1.